The van der Waals surface area contributed by atoms with Gasteiger partial charge in [-0.1, -0.05) is 97.1 Å². The van der Waals surface area contributed by atoms with Gasteiger partial charge in [0, 0.05) is 0 Å². The van der Waals surface area contributed by atoms with Gasteiger partial charge in [-0.25, -0.2) is 13.1 Å². The molecule has 0 saturated carbocycles. The summed E-state index contributed by atoms with van der Waals surface area (Å²) in [5.41, 5.74) is 2.32. The summed E-state index contributed by atoms with van der Waals surface area (Å²) < 4.78 is 26.9. The zero-order valence-electron chi connectivity index (χ0n) is 18.5. The van der Waals surface area contributed by atoms with E-state index in [4.69, 9.17) is 0 Å². The molecule has 0 saturated heterocycles. The van der Waals surface area contributed by atoms with Crippen LogP contribution < -0.4 is 10.0 Å². The Morgan fingerprint density at radius 2 is 1.29 bits per heavy atom. The summed E-state index contributed by atoms with van der Waals surface area (Å²) in [5, 5.41) is 3.80. The van der Waals surface area contributed by atoms with E-state index < -0.39 is 33.8 Å². The number of hydrogen-bond acceptors (Lipinski definition) is 4. The van der Waals surface area contributed by atoms with E-state index in [-0.39, 0.29) is 6.42 Å². The van der Waals surface area contributed by atoms with Crippen molar-refractivity contribution in [1.82, 2.24) is 10.0 Å². The first kappa shape index (κ1) is 24.7. The minimum absolute atomic E-state index is 0.0219. The average molecular weight is 475 g/mol. The van der Waals surface area contributed by atoms with Crippen LogP contribution in [0.5, 0.6) is 0 Å². The van der Waals surface area contributed by atoms with Crippen molar-refractivity contribution in [3.63, 3.8) is 0 Å². The molecule has 2 N–H and O–H groups in total. The molecule has 1 unspecified atom stereocenters. The molecule has 0 aliphatic rings. The Kier molecular flexibility index (Phi) is 8.54. The number of rotatable bonds is 10. The van der Waals surface area contributed by atoms with E-state index in [1.165, 1.54) is 12.2 Å². The monoisotopic (exact) mass is 474 g/mol. The number of nitrogens with one attached hydrogen (secondary N) is 2. The van der Waals surface area contributed by atoms with Gasteiger partial charge >= 0.3 is 0 Å². The van der Waals surface area contributed by atoms with Crippen LogP contribution in [0.1, 0.15) is 29.2 Å². The highest BCUT2D eigenvalue weighted by atomic mass is 32.2. The Labute approximate surface area is 200 Å². The summed E-state index contributed by atoms with van der Waals surface area (Å²) in [4.78, 5) is 26.0. The van der Waals surface area contributed by atoms with Crippen LogP contribution in [0.2, 0.25) is 0 Å². The minimum atomic E-state index is -4.10. The fraction of sp³-hybridized carbons (Fsp3) is 0.111. The van der Waals surface area contributed by atoms with Crippen molar-refractivity contribution in [3.8, 4) is 0 Å². The van der Waals surface area contributed by atoms with Crippen LogP contribution in [0.15, 0.2) is 109 Å². The predicted molar refractivity (Wildman–Crippen MR) is 134 cm³/mol. The van der Waals surface area contributed by atoms with Gasteiger partial charge in [0.15, 0.2) is 0 Å². The number of carbonyl (C=O) groups is 2. The Hall–Kier alpha value is -3.97. The number of hydrogen-bond donors (Lipinski definition) is 2. The zero-order valence-corrected chi connectivity index (χ0v) is 19.3. The minimum Gasteiger partial charge on any atom is -0.344 e. The molecule has 0 spiro atoms. The second-order valence-corrected chi connectivity index (χ2v) is 9.13. The van der Waals surface area contributed by atoms with Gasteiger partial charge in [0.1, 0.15) is 5.92 Å². The Morgan fingerprint density at radius 3 is 1.79 bits per heavy atom. The lowest BCUT2D eigenvalue weighted by Gasteiger charge is -2.23. The Bertz CT molecular complexity index is 1200. The van der Waals surface area contributed by atoms with E-state index in [9.17, 15) is 18.0 Å². The predicted octanol–water partition coefficient (Wildman–Crippen LogP) is 4.20. The molecule has 174 valence electrons. The van der Waals surface area contributed by atoms with Crippen LogP contribution in [-0.2, 0) is 19.6 Å². The summed E-state index contributed by atoms with van der Waals surface area (Å²) in [6.07, 6.45) is 2.77. The highest BCUT2D eigenvalue weighted by Gasteiger charge is 2.30. The molecule has 0 heterocycles. The Morgan fingerprint density at radius 1 is 0.794 bits per heavy atom. The second kappa shape index (κ2) is 11.8. The molecule has 0 radical (unpaired) electrons. The topological polar surface area (TPSA) is 92.3 Å². The SMILES string of the molecule is C=CCC(C(=O)NC(c1ccccc1)c1ccccc1)C(=O)NS(=O)(=O)C=Cc1ccccc1. The second-order valence-electron chi connectivity index (χ2n) is 7.56. The van der Waals surface area contributed by atoms with Crippen LogP contribution in [0.25, 0.3) is 6.08 Å². The lowest BCUT2D eigenvalue weighted by Crippen LogP contribution is -2.44. The van der Waals surface area contributed by atoms with Crippen LogP contribution >= 0.6 is 0 Å². The Balaban J connectivity index is 1.78. The van der Waals surface area contributed by atoms with Crippen molar-refractivity contribution in [2.75, 3.05) is 0 Å². The molecule has 34 heavy (non-hydrogen) atoms. The maximum atomic E-state index is 13.2. The first-order valence-corrected chi connectivity index (χ1v) is 12.2. The third-order valence-corrected chi connectivity index (χ3v) is 6.05. The van der Waals surface area contributed by atoms with Gasteiger partial charge in [0.05, 0.1) is 11.4 Å². The summed E-state index contributed by atoms with van der Waals surface area (Å²) in [6.45, 7) is 3.61. The van der Waals surface area contributed by atoms with Crippen molar-refractivity contribution >= 4 is 27.9 Å². The van der Waals surface area contributed by atoms with Gasteiger partial charge in [0.25, 0.3) is 10.0 Å². The molecular formula is C27H26N2O4S. The normalized spacial score (nSPS) is 12.3. The standard InChI is InChI=1S/C27H26N2O4S/c1-2-12-24(27(31)29-34(32,33)20-19-21-13-6-3-7-14-21)26(30)28-25(22-15-8-4-9-16-22)23-17-10-5-11-18-23/h2-11,13-20,24-25H,1,12H2,(H,28,30)(H,29,31). The number of benzene rings is 3. The molecule has 3 aromatic rings. The van der Waals surface area contributed by atoms with E-state index >= 15 is 0 Å². The molecule has 2 amide bonds. The highest BCUT2D eigenvalue weighted by Crippen LogP contribution is 2.23. The van der Waals surface area contributed by atoms with Gasteiger partial charge in [-0.05, 0) is 29.2 Å². The number of sulfonamides is 1. The molecule has 0 aliphatic carbocycles. The summed E-state index contributed by atoms with van der Waals surface area (Å²) in [5.74, 6) is -2.79. The first-order chi connectivity index (χ1) is 16.4. The maximum Gasteiger partial charge on any atom is 0.257 e. The molecule has 0 aromatic heterocycles. The van der Waals surface area contributed by atoms with Crippen molar-refractivity contribution in [1.29, 1.82) is 0 Å². The van der Waals surface area contributed by atoms with Crippen LogP contribution in [0, 0.1) is 5.92 Å². The van der Waals surface area contributed by atoms with E-state index in [0.717, 1.165) is 16.5 Å². The molecule has 1 atom stereocenters. The smallest absolute Gasteiger partial charge is 0.257 e. The van der Waals surface area contributed by atoms with Gasteiger partial charge in [0.2, 0.25) is 11.8 Å². The molecule has 6 nitrogen and oxygen atoms in total. The number of carbonyl (C=O) groups excluding carboxylic acids is 2. The molecule has 3 rings (SSSR count). The lowest BCUT2D eigenvalue weighted by molar-refractivity contribution is -0.134. The van der Waals surface area contributed by atoms with E-state index in [2.05, 4.69) is 11.9 Å². The van der Waals surface area contributed by atoms with Gasteiger partial charge in [-0.2, -0.15) is 0 Å². The molecule has 3 aromatic carbocycles. The maximum absolute atomic E-state index is 13.2. The third-order valence-electron chi connectivity index (χ3n) is 5.07. The molecule has 0 fully saturated rings. The largest absolute Gasteiger partial charge is 0.344 e. The summed E-state index contributed by atoms with van der Waals surface area (Å²) in [7, 11) is -4.10. The first-order valence-electron chi connectivity index (χ1n) is 10.7. The fourth-order valence-corrected chi connectivity index (χ4v) is 4.20. The van der Waals surface area contributed by atoms with Crippen molar-refractivity contribution in [2.24, 2.45) is 5.92 Å². The van der Waals surface area contributed by atoms with E-state index in [1.54, 1.807) is 24.3 Å². The van der Waals surface area contributed by atoms with Crippen molar-refractivity contribution in [3.05, 3.63) is 126 Å². The van der Waals surface area contributed by atoms with Crippen molar-refractivity contribution in [2.45, 2.75) is 12.5 Å². The number of allylic oxidation sites excluding steroid dienone is 1. The number of amides is 2. The third kappa shape index (κ3) is 7.02. The fourth-order valence-electron chi connectivity index (χ4n) is 3.37. The van der Waals surface area contributed by atoms with Crippen LogP contribution in [-0.4, -0.2) is 20.2 Å². The van der Waals surface area contributed by atoms with E-state index in [0.29, 0.717) is 5.56 Å². The zero-order chi connectivity index (χ0) is 24.4. The summed E-state index contributed by atoms with van der Waals surface area (Å²) in [6, 6.07) is 27.0. The molecule has 7 heteroatoms. The van der Waals surface area contributed by atoms with E-state index in [1.807, 2.05) is 71.5 Å². The average Bonchev–Trinajstić information content (AvgIpc) is 2.86. The molecular weight excluding hydrogens is 448 g/mol. The van der Waals surface area contributed by atoms with Gasteiger partial charge in [-0.3, -0.25) is 9.59 Å². The van der Waals surface area contributed by atoms with Crippen LogP contribution in [0.4, 0.5) is 0 Å². The van der Waals surface area contributed by atoms with Crippen LogP contribution in [0.3, 0.4) is 0 Å². The van der Waals surface area contributed by atoms with Crippen molar-refractivity contribution < 1.29 is 18.0 Å². The molecule has 0 bridgehead atoms. The highest BCUT2D eigenvalue weighted by molar-refractivity contribution is 7.93. The van der Waals surface area contributed by atoms with Gasteiger partial charge in [-0.15, -0.1) is 6.58 Å². The quantitative estimate of drug-likeness (QED) is 0.340. The summed E-state index contributed by atoms with van der Waals surface area (Å²) >= 11 is 0. The molecule has 0 aliphatic heterocycles. The lowest BCUT2D eigenvalue weighted by atomic mass is 9.96. The van der Waals surface area contributed by atoms with Gasteiger partial charge < -0.3 is 5.32 Å².